The van der Waals surface area contributed by atoms with Crippen molar-refractivity contribution in [2.75, 3.05) is 22.2 Å². The predicted molar refractivity (Wildman–Crippen MR) is 161 cm³/mol. The van der Waals surface area contributed by atoms with E-state index in [2.05, 4.69) is 58.4 Å². The Morgan fingerprint density at radius 1 is 1.15 bits per heavy atom. The van der Waals surface area contributed by atoms with Crippen LogP contribution in [0.3, 0.4) is 0 Å². The Bertz CT molecular complexity index is 1620. The lowest BCUT2D eigenvalue weighted by molar-refractivity contribution is 0.443. The molecule has 4 aromatic rings. The Morgan fingerprint density at radius 3 is 2.60 bits per heavy atom. The van der Waals surface area contributed by atoms with Gasteiger partial charge in [-0.1, -0.05) is 44.5 Å². The topological polar surface area (TPSA) is 101 Å². The number of pyridine rings is 2. The summed E-state index contributed by atoms with van der Waals surface area (Å²) < 4.78 is 13.9. The molecule has 1 aliphatic rings. The number of nitriles is 1. The van der Waals surface area contributed by atoms with Gasteiger partial charge in [0.15, 0.2) is 0 Å². The maximum atomic E-state index is 13.9. The summed E-state index contributed by atoms with van der Waals surface area (Å²) in [6, 6.07) is 16.1. The molecular formula is C29H29BClFN8. The average molecular weight is 555 g/mol. The van der Waals surface area contributed by atoms with Gasteiger partial charge >= 0.3 is 0 Å². The first-order valence-electron chi connectivity index (χ1n) is 12.8. The summed E-state index contributed by atoms with van der Waals surface area (Å²) in [6.45, 7) is 7.01. The van der Waals surface area contributed by atoms with Crippen LogP contribution in [0, 0.1) is 22.6 Å². The number of halogens is 2. The Morgan fingerprint density at radius 2 is 1.93 bits per heavy atom. The number of anilines is 3. The van der Waals surface area contributed by atoms with Crippen LogP contribution >= 0.6 is 11.6 Å². The second-order valence-electron chi connectivity index (χ2n) is 11.0. The van der Waals surface area contributed by atoms with Crippen molar-refractivity contribution in [1.29, 1.82) is 5.26 Å². The standard InChI is InChI=1S/C29H29BClFN8/c1-28(2,3)17-36-26-18(13-33)14-35-27-23(26)11-21(12-24(27)31)37-29(30,19-6-8-20(32)9-7-19)25-16-40(39-38-25)22-5-4-10-34-15-22/h4-12,14-16,37-39H,17,30H2,1-3H3,(H,35,36). The molecule has 40 heavy (non-hydrogen) atoms. The molecule has 1 atom stereocenters. The van der Waals surface area contributed by atoms with E-state index in [-0.39, 0.29) is 11.2 Å². The van der Waals surface area contributed by atoms with E-state index >= 15 is 0 Å². The number of nitrogens with zero attached hydrogens (tertiary/aromatic N) is 4. The van der Waals surface area contributed by atoms with Crippen molar-refractivity contribution >= 4 is 47.4 Å². The molecule has 1 aliphatic heterocycles. The van der Waals surface area contributed by atoms with E-state index in [1.807, 2.05) is 37.3 Å². The summed E-state index contributed by atoms with van der Waals surface area (Å²) in [6.07, 6.45) is 6.91. The number of rotatable bonds is 7. The molecule has 0 fully saturated rings. The fraction of sp³-hybridized carbons (Fsp3) is 0.207. The first-order valence-corrected chi connectivity index (χ1v) is 13.2. The zero-order valence-electron chi connectivity index (χ0n) is 22.7. The first-order chi connectivity index (χ1) is 19.1. The van der Waals surface area contributed by atoms with Crippen molar-refractivity contribution in [2.24, 2.45) is 5.41 Å². The van der Waals surface area contributed by atoms with Crippen molar-refractivity contribution in [3.8, 4) is 6.07 Å². The summed E-state index contributed by atoms with van der Waals surface area (Å²) in [4.78, 5) is 8.67. The highest BCUT2D eigenvalue weighted by Gasteiger charge is 2.35. The monoisotopic (exact) mass is 554 g/mol. The van der Waals surface area contributed by atoms with E-state index in [1.54, 1.807) is 36.8 Å². The lowest BCUT2D eigenvalue weighted by Gasteiger charge is -2.34. The van der Waals surface area contributed by atoms with E-state index in [9.17, 15) is 9.65 Å². The molecule has 11 heteroatoms. The van der Waals surface area contributed by atoms with Gasteiger partial charge in [0.25, 0.3) is 0 Å². The van der Waals surface area contributed by atoms with Crippen LogP contribution in [-0.2, 0) is 5.44 Å². The molecule has 0 saturated heterocycles. The largest absolute Gasteiger partial charge is 0.383 e. The van der Waals surface area contributed by atoms with Gasteiger partial charge in [-0.3, -0.25) is 15.0 Å². The van der Waals surface area contributed by atoms with Gasteiger partial charge in [0.1, 0.15) is 19.7 Å². The van der Waals surface area contributed by atoms with Crippen LogP contribution in [0.4, 0.5) is 21.5 Å². The quantitative estimate of drug-likeness (QED) is 0.236. The van der Waals surface area contributed by atoms with E-state index in [1.165, 1.54) is 12.1 Å². The molecule has 0 spiro atoms. The molecule has 2 aromatic heterocycles. The molecule has 0 radical (unpaired) electrons. The summed E-state index contributed by atoms with van der Waals surface area (Å²) >= 11 is 6.76. The van der Waals surface area contributed by atoms with Crippen molar-refractivity contribution in [2.45, 2.75) is 26.2 Å². The lowest BCUT2D eigenvalue weighted by Crippen LogP contribution is -2.45. The molecule has 4 N–H and O–H groups in total. The fourth-order valence-electron chi connectivity index (χ4n) is 4.53. The van der Waals surface area contributed by atoms with E-state index in [0.717, 1.165) is 22.3 Å². The maximum Gasteiger partial charge on any atom is 0.148 e. The Balaban J connectivity index is 1.60. The van der Waals surface area contributed by atoms with Crippen molar-refractivity contribution in [3.05, 3.63) is 101 Å². The van der Waals surface area contributed by atoms with Gasteiger partial charge in [-0.25, -0.2) is 4.39 Å². The Kier molecular flexibility index (Phi) is 7.28. The van der Waals surface area contributed by atoms with Crippen molar-refractivity contribution in [1.82, 2.24) is 20.9 Å². The average Bonchev–Trinajstić information content (AvgIpc) is 3.43. The highest BCUT2D eigenvalue weighted by atomic mass is 35.5. The van der Waals surface area contributed by atoms with Crippen LogP contribution in [0.5, 0.6) is 0 Å². The van der Waals surface area contributed by atoms with E-state index < -0.39 is 5.44 Å². The molecule has 5 rings (SSSR count). The van der Waals surface area contributed by atoms with Crippen LogP contribution in [-0.4, -0.2) is 24.4 Å². The number of benzene rings is 2. The second-order valence-corrected chi connectivity index (χ2v) is 11.5. The minimum Gasteiger partial charge on any atom is -0.383 e. The van der Waals surface area contributed by atoms with Gasteiger partial charge in [-0.15, -0.1) is 5.53 Å². The van der Waals surface area contributed by atoms with Gasteiger partial charge in [0.2, 0.25) is 0 Å². The smallest absolute Gasteiger partial charge is 0.148 e. The highest BCUT2D eigenvalue weighted by Crippen LogP contribution is 2.37. The second kappa shape index (κ2) is 10.7. The molecule has 0 amide bonds. The fourth-order valence-corrected chi connectivity index (χ4v) is 4.80. The van der Waals surface area contributed by atoms with Crippen LogP contribution in [0.15, 0.2) is 79.0 Å². The highest BCUT2D eigenvalue weighted by molar-refractivity contribution is 6.36. The molecule has 2 aromatic carbocycles. The minimum atomic E-state index is -0.853. The van der Waals surface area contributed by atoms with Gasteiger partial charge in [-0.05, 0) is 47.4 Å². The molecule has 0 saturated carbocycles. The van der Waals surface area contributed by atoms with Gasteiger partial charge < -0.3 is 16.1 Å². The maximum absolute atomic E-state index is 13.9. The summed E-state index contributed by atoms with van der Waals surface area (Å²) in [5.74, 6) is -0.326. The predicted octanol–water partition coefficient (Wildman–Crippen LogP) is 5.02. The third-order valence-corrected chi connectivity index (χ3v) is 6.98. The number of nitrogens with one attached hydrogen (secondary N) is 4. The third kappa shape index (κ3) is 5.52. The molecule has 8 nitrogen and oxygen atoms in total. The molecular weight excluding hydrogens is 526 g/mol. The number of hydrogen-bond donors (Lipinski definition) is 4. The van der Waals surface area contributed by atoms with E-state index in [0.29, 0.717) is 34.0 Å². The van der Waals surface area contributed by atoms with Crippen LogP contribution in [0.2, 0.25) is 5.02 Å². The van der Waals surface area contributed by atoms with Crippen LogP contribution < -0.4 is 26.6 Å². The number of aromatic nitrogens is 2. The number of fused-ring (bicyclic) bond motifs is 1. The molecule has 0 bridgehead atoms. The SMILES string of the molecule is BC(Nc1cc(Cl)c2ncc(C#N)c(NCC(C)(C)C)c2c1)(C1=CN(c2cccnc2)NN1)c1ccc(F)cc1. The number of hydrazine groups is 2. The van der Waals surface area contributed by atoms with Crippen molar-refractivity contribution in [3.63, 3.8) is 0 Å². The first kappa shape index (κ1) is 27.2. The summed E-state index contributed by atoms with van der Waals surface area (Å²) in [5, 5.41) is 19.9. The summed E-state index contributed by atoms with van der Waals surface area (Å²) in [7, 11) is 1.99. The number of hydrogen-bond acceptors (Lipinski definition) is 8. The zero-order chi connectivity index (χ0) is 28.5. The summed E-state index contributed by atoms with van der Waals surface area (Å²) in [5.41, 5.74) is 10.4. The van der Waals surface area contributed by atoms with Crippen LogP contribution in [0.1, 0.15) is 31.9 Å². The third-order valence-electron chi connectivity index (χ3n) is 6.69. The van der Waals surface area contributed by atoms with Gasteiger partial charge in [0, 0.05) is 36.2 Å². The Hall–Kier alpha value is -4.33. The molecule has 1 unspecified atom stereocenters. The Labute approximate surface area is 238 Å². The molecule has 3 heterocycles. The zero-order valence-corrected chi connectivity index (χ0v) is 23.4. The van der Waals surface area contributed by atoms with Crippen molar-refractivity contribution < 1.29 is 4.39 Å². The van der Waals surface area contributed by atoms with Crippen LogP contribution in [0.25, 0.3) is 10.9 Å². The van der Waals surface area contributed by atoms with E-state index in [4.69, 9.17) is 11.6 Å². The normalized spacial score (nSPS) is 14.7. The molecule has 202 valence electrons. The molecule has 0 aliphatic carbocycles. The van der Waals surface area contributed by atoms with Gasteiger partial charge in [-0.2, -0.15) is 5.26 Å². The minimum absolute atomic E-state index is 0.0170. The lowest BCUT2D eigenvalue weighted by atomic mass is 9.69. The van der Waals surface area contributed by atoms with Gasteiger partial charge in [0.05, 0.1) is 44.8 Å².